The maximum atomic E-state index is 12.9. The molecule has 0 spiro atoms. The van der Waals surface area contributed by atoms with Gasteiger partial charge >= 0.3 is 5.97 Å². The molecule has 0 aliphatic rings. The number of hydrogen-bond donors (Lipinski definition) is 2. The number of anilines is 1. The van der Waals surface area contributed by atoms with Crippen molar-refractivity contribution in [3.8, 4) is 11.4 Å². The van der Waals surface area contributed by atoms with Crippen LogP contribution in [0.4, 0.5) is 5.69 Å². The molecule has 0 aliphatic heterocycles. The number of benzene rings is 6. The Labute approximate surface area is 282 Å². The van der Waals surface area contributed by atoms with Crippen LogP contribution < -0.4 is 5.32 Å². The number of para-hydroxylation sites is 4. The van der Waals surface area contributed by atoms with E-state index < -0.39 is 11.9 Å². The molecule has 0 saturated carbocycles. The van der Waals surface area contributed by atoms with E-state index in [1.165, 1.54) is 21.8 Å². The number of carbonyl (C=O) groups is 2. The minimum atomic E-state index is -1.07. The average Bonchev–Trinajstić information content (AvgIpc) is 3.64. The van der Waals surface area contributed by atoms with Crippen LogP contribution in [0.25, 0.3) is 61.1 Å². The molecule has 0 unspecified atom stereocenters. The van der Waals surface area contributed by atoms with Gasteiger partial charge in [0, 0.05) is 44.2 Å². The Morgan fingerprint density at radius 1 is 0.571 bits per heavy atom. The van der Waals surface area contributed by atoms with Gasteiger partial charge in [-0.05, 0) is 72.3 Å². The molecule has 2 heterocycles. The second-order valence-electron chi connectivity index (χ2n) is 12.0. The van der Waals surface area contributed by atoms with Gasteiger partial charge in [0.1, 0.15) is 0 Å². The van der Waals surface area contributed by atoms with Crippen molar-refractivity contribution in [2.75, 3.05) is 5.32 Å². The van der Waals surface area contributed by atoms with Gasteiger partial charge in [0.25, 0.3) is 5.91 Å². The molecule has 0 fully saturated rings. The first-order valence-corrected chi connectivity index (χ1v) is 16.1. The molecule has 236 valence electrons. The van der Waals surface area contributed by atoms with Crippen LogP contribution in [0.3, 0.4) is 0 Å². The fourth-order valence-electron chi connectivity index (χ4n) is 6.71. The van der Waals surface area contributed by atoms with E-state index in [2.05, 4.69) is 118 Å². The maximum Gasteiger partial charge on any atom is 0.308 e. The highest BCUT2D eigenvalue weighted by molar-refractivity contribution is 6.11. The Morgan fingerprint density at radius 3 is 1.61 bits per heavy atom. The largest absolute Gasteiger partial charge is 0.481 e. The van der Waals surface area contributed by atoms with Crippen molar-refractivity contribution in [3.05, 3.63) is 169 Å². The number of rotatable bonds is 8. The lowest BCUT2D eigenvalue weighted by Crippen LogP contribution is -2.16. The average molecular weight is 638 g/mol. The van der Waals surface area contributed by atoms with Gasteiger partial charge in [-0.3, -0.25) is 9.59 Å². The lowest BCUT2D eigenvalue weighted by atomic mass is 10.1. The minimum absolute atomic E-state index is 0.162. The number of carbonyl (C=O) groups excluding carboxylic acids is 1. The number of amides is 1. The maximum absolute atomic E-state index is 12.9. The first-order chi connectivity index (χ1) is 24.0. The number of carboxylic acids is 1. The highest BCUT2D eigenvalue weighted by Crippen LogP contribution is 2.35. The van der Waals surface area contributed by atoms with Crippen LogP contribution in [0.15, 0.2) is 163 Å². The summed E-state index contributed by atoms with van der Waals surface area (Å²) < 4.78 is 4.60. The summed E-state index contributed by atoms with van der Waals surface area (Å²) in [5.74, 6) is -1.51. The number of aliphatic carboxylic acids is 1. The van der Waals surface area contributed by atoms with Gasteiger partial charge < -0.3 is 19.6 Å². The highest BCUT2D eigenvalue weighted by Gasteiger charge is 2.15. The molecule has 2 N–H and O–H groups in total. The molecule has 0 radical (unpaired) electrons. The fourth-order valence-corrected chi connectivity index (χ4v) is 6.71. The van der Waals surface area contributed by atoms with Gasteiger partial charge in [0.05, 0.1) is 28.5 Å². The molecule has 0 bridgehead atoms. The van der Waals surface area contributed by atoms with Crippen molar-refractivity contribution in [1.82, 2.24) is 9.13 Å². The molecule has 2 aromatic heterocycles. The van der Waals surface area contributed by atoms with Gasteiger partial charge in [-0.25, -0.2) is 0 Å². The molecule has 0 saturated heterocycles. The number of aromatic nitrogens is 2. The summed E-state index contributed by atoms with van der Waals surface area (Å²) in [6.45, 7) is 0. The Balaban J connectivity index is 1.14. The lowest BCUT2D eigenvalue weighted by molar-refractivity contribution is -0.136. The van der Waals surface area contributed by atoms with Gasteiger partial charge in [0.15, 0.2) is 0 Å². The molecule has 6 nitrogen and oxygen atoms in total. The zero-order chi connectivity index (χ0) is 33.3. The number of carboxylic acid groups (broad SMARTS) is 1. The second-order valence-corrected chi connectivity index (χ2v) is 12.0. The van der Waals surface area contributed by atoms with E-state index in [1.807, 2.05) is 36.4 Å². The van der Waals surface area contributed by atoms with Crippen LogP contribution in [0.2, 0.25) is 0 Å². The van der Waals surface area contributed by atoms with Gasteiger partial charge in [-0.15, -0.1) is 0 Å². The van der Waals surface area contributed by atoms with Crippen molar-refractivity contribution < 1.29 is 14.7 Å². The summed E-state index contributed by atoms with van der Waals surface area (Å²) in [7, 11) is 0. The molecular weight excluding hydrogens is 606 g/mol. The molecular formula is C43H31N3O3. The third kappa shape index (κ3) is 5.55. The molecule has 0 aliphatic carbocycles. The Bertz CT molecular complexity index is 2540. The standard InChI is InChI=1S/C43H31N3O3/c47-42(48)28-30(43(49)44-31-13-2-1-3-14-31)12-10-11-29-21-26-41-37(27-29)36-17-6-9-20-40(36)46(41)33-24-22-32(23-25-33)45-38-18-7-4-15-34(38)35-16-5-8-19-39(35)45/h1-27H,28H2,(H,44,49)(H,47,48)/b11-10+,30-12-. The van der Waals surface area contributed by atoms with Crippen LogP contribution in [0.5, 0.6) is 0 Å². The summed E-state index contributed by atoms with van der Waals surface area (Å²) in [5, 5.41) is 16.9. The van der Waals surface area contributed by atoms with Crippen LogP contribution >= 0.6 is 0 Å². The fraction of sp³-hybridized carbons (Fsp3) is 0.0233. The summed E-state index contributed by atoms with van der Waals surface area (Å²) in [6.07, 6.45) is 4.81. The van der Waals surface area contributed by atoms with Crippen molar-refractivity contribution in [2.24, 2.45) is 0 Å². The van der Waals surface area contributed by atoms with Crippen molar-refractivity contribution >= 4 is 67.3 Å². The molecule has 8 rings (SSSR count). The lowest BCUT2D eigenvalue weighted by Gasteiger charge is -2.11. The summed E-state index contributed by atoms with van der Waals surface area (Å²) >= 11 is 0. The number of fused-ring (bicyclic) bond motifs is 6. The van der Waals surface area contributed by atoms with Gasteiger partial charge in [-0.2, -0.15) is 0 Å². The van der Waals surface area contributed by atoms with Crippen LogP contribution in [0, 0.1) is 0 Å². The normalized spacial score (nSPS) is 12.0. The number of nitrogens with zero attached hydrogens (tertiary/aromatic N) is 2. The monoisotopic (exact) mass is 637 g/mol. The third-order valence-corrected chi connectivity index (χ3v) is 8.89. The van der Waals surface area contributed by atoms with Gasteiger partial charge in [0.2, 0.25) is 0 Å². The molecule has 0 atom stereocenters. The molecule has 6 aromatic carbocycles. The third-order valence-electron chi connectivity index (χ3n) is 8.89. The first kappa shape index (κ1) is 29.7. The van der Waals surface area contributed by atoms with E-state index in [0.29, 0.717) is 5.69 Å². The number of allylic oxidation sites excluding steroid dienone is 2. The van der Waals surface area contributed by atoms with E-state index in [0.717, 1.165) is 38.7 Å². The predicted molar refractivity (Wildman–Crippen MR) is 200 cm³/mol. The van der Waals surface area contributed by atoms with Gasteiger partial charge in [-0.1, -0.05) is 97.1 Å². The minimum Gasteiger partial charge on any atom is -0.481 e. The molecule has 8 aromatic rings. The van der Waals surface area contributed by atoms with E-state index in [4.69, 9.17) is 0 Å². The predicted octanol–water partition coefficient (Wildman–Crippen LogP) is 9.93. The van der Waals surface area contributed by atoms with E-state index in [-0.39, 0.29) is 12.0 Å². The van der Waals surface area contributed by atoms with E-state index >= 15 is 0 Å². The molecule has 49 heavy (non-hydrogen) atoms. The number of nitrogens with one attached hydrogen (secondary N) is 1. The van der Waals surface area contributed by atoms with Crippen LogP contribution in [-0.2, 0) is 9.59 Å². The van der Waals surface area contributed by atoms with E-state index in [9.17, 15) is 14.7 Å². The van der Waals surface area contributed by atoms with Crippen LogP contribution in [-0.4, -0.2) is 26.1 Å². The zero-order valence-electron chi connectivity index (χ0n) is 26.5. The van der Waals surface area contributed by atoms with Crippen LogP contribution in [0.1, 0.15) is 12.0 Å². The molecule has 1 amide bonds. The Hall–Kier alpha value is -6.66. The second kappa shape index (κ2) is 12.5. The summed E-state index contributed by atoms with van der Waals surface area (Å²) in [5.41, 5.74) is 8.40. The zero-order valence-corrected chi connectivity index (χ0v) is 26.5. The SMILES string of the molecule is O=C(O)C/C(=C/C=C/c1ccc2c(c1)c1ccccc1n2-c1ccc(-n2c3ccccc3c3ccccc32)cc1)C(=O)Nc1ccccc1. The Kier molecular flexibility index (Phi) is 7.59. The summed E-state index contributed by atoms with van der Waals surface area (Å²) in [6, 6.07) is 49.4. The van der Waals surface area contributed by atoms with Crippen molar-refractivity contribution in [3.63, 3.8) is 0 Å². The van der Waals surface area contributed by atoms with E-state index in [1.54, 1.807) is 24.3 Å². The Morgan fingerprint density at radius 2 is 1.06 bits per heavy atom. The quantitative estimate of drug-likeness (QED) is 0.129. The smallest absolute Gasteiger partial charge is 0.308 e. The number of hydrogen-bond acceptors (Lipinski definition) is 2. The first-order valence-electron chi connectivity index (χ1n) is 16.1. The molecule has 6 heteroatoms. The highest BCUT2D eigenvalue weighted by atomic mass is 16.4. The topological polar surface area (TPSA) is 76.3 Å². The summed E-state index contributed by atoms with van der Waals surface area (Å²) in [4.78, 5) is 24.4. The van der Waals surface area contributed by atoms with Crippen molar-refractivity contribution in [1.29, 1.82) is 0 Å². The van der Waals surface area contributed by atoms with Crippen molar-refractivity contribution in [2.45, 2.75) is 6.42 Å².